The standard InChI is InChI=1S/C22H29N7O5Si/c1-26(2)14-23-22-25-19-18(24-17(20(30)27(19)3)13-34-35(4,5)6)21(31)28(22)12-11-15-7-9-16(10-8-15)29(32)33/h7-10,14H,11-13H2,1-6H3/b23-14+. The number of benzene rings is 1. The highest BCUT2D eigenvalue weighted by Gasteiger charge is 2.20. The molecule has 186 valence electrons. The van der Waals surface area contributed by atoms with Gasteiger partial charge in [-0.2, -0.15) is 4.98 Å². The smallest absolute Gasteiger partial charge is 0.283 e. The molecule has 13 heteroatoms. The summed E-state index contributed by atoms with van der Waals surface area (Å²) in [5, 5.41) is 10.9. The molecule has 0 spiro atoms. The lowest BCUT2D eigenvalue weighted by atomic mass is 10.1. The monoisotopic (exact) mass is 499 g/mol. The summed E-state index contributed by atoms with van der Waals surface area (Å²) in [7, 11) is 3.19. The van der Waals surface area contributed by atoms with Gasteiger partial charge in [-0.3, -0.25) is 28.8 Å². The Labute approximate surface area is 202 Å². The highest BCUT2D eigenvalue weighted by molar-refractivity contribution is 6.69. The van der Waals surface area contributed by atoms with E-state index in [0.29, 0.717) is 6.42 Å². The number of aryl methyl sites for hydroxylation is 2. The van der Waals surface area contributed by atoms with Gasteiger partial charge in [-0.25, -0.2) is 9.98 Å². The molecule has 0 aliphatic heterocycles. The maximum atomic E-state index is 13.5. The zero-order valence-corrected chi connectivity index (χ0v) is 21.7. The summed E-state index contributed by atoms with van der Waals surface area (Å²) in [5.41, 5.74) is 0.313. The molecule has 0 aliphatic rings. The summed E-state index contributed by atoms with van der Waals surface area (Å²) in [6, 6.07) is 6.14. The summed E-state index contributed by atoms with van der Waals surface area (Å²) in [6.45, 7) is 6.23. The van der Waals surface area contributed by atoms with Crippen LogP contribution in [-0.4, -0.2) is 57.7 Å². The second-order valence-electron chi connectivity index (χ2n) is 9.25. The maximum Gasteiger partial charge on any atom is 0.283 e. The quantitative estimate of drug-likeness (QED) is 0.144. The topological polar surface area (TPSA) is 138 Å². The van der Waals surface area contributed by atoms with Gasteiger partial charge in [-0.05, 0) is 31.6 Å². The molecule has 2 heterocycles. The van der Waals surface area contributed by atoms with Gasteiger partial charge in [0.1, 0.15) is 5.69 Å². The van der Waals surface area contributed by atoms with E-state index in [1.807, 2.05) is 19.6 Å². The number of hydrogen-bond donors (Lipinski definition) is 0. The molecule has 0 saturated heterocycles. The van der Waals surface area contributed by atoms with Crippen molar-refractivity contribution in [1.29, 1.82) is 0 Å². The minimum atomic E-state index is -1.92. The zero-order valence-electron chi connectivity index (χ0n) is 20.7. The number of aromatic nitrogens is 4. The van der Waals surface area contributed by atoms with Crippen LogP contribution in [-0.2, 0) is 31.0 Å². The average Bonchev–Trinajstić information content (AvgIpc) is 2.78. The second kappa shape index (κ2) is 10.3. The first-order valence-corrected chi connectivity index (χ1v) is 14.4. The van der Waals surface area contributed by atoms with Crippen molar-refractivity contribution in [2.75, 3.05) is 14.1 Å². The predicted octanol–water partition coefficient (Wildman–Crippen LogP) is 2.21. The van der Waals surface area contributed by atoms with Gasteiger partial charge >= 0.3 is 0 Å². The van der Waals surface area contributed by atoms with Crippen molar-refractivity contribution >= 4 is 37.5 Å². The van der Waals surface area contributed by atoms with Crippen molar-refractivity contribution < 1.29 is 9.35 Å². The Kier molecular flexibility index (Phi) is 7.60. The normalized spacial score (nSPS) is 11.9. The summed E-state index contributed by atoms with van der Waals surface area (Å²) < 4.78 is 8.53. The van der Waals surface area contributed by atoms with Crippen LogP contribution in [0.4, 0.5) is 11.6 Å². The van der Waals surface area contributed by atoms with E-state index in [0.717, 1.165) is 5.56 Å². The molecule has 3 aromatic rings. The fourth-order valence-corrected chi connectivity index (χ4v) is 3.77. The highest BCUT2D eigenvalue weighted by Crippen LogP contribution is 2.16. The van der Waals surface area contributed by atoms with Crippen LogP contribution in [0, 0.1) is 10.1 Å². The molecule has 0 aliphatic carbocycles. The Morgan fingerprint density at radius 2 is 1.80 bits per heavy atom. The van der Waals surface area contributed by atoms with Crippen LogP contribution in [0.2, 0.25) is 19.6 Å². The molecular formula is C22H29N7O5Si. The molecule has 0 radical (unpaired) electrons. The van der Waals surface area contributed by atoms with Crippen molar-refractivity contribution in [3.63, 3.8) is 0 Å². The van der Waals surface area contributed by atoms with Crippen LogP contribution in [0.3, 0.4) is 0 Å². The number of hydrogen-bond acceptors (Lipinski definition) is 8. The van der Waals surface area contributed by atoms with Gasteiger partial charge in [0.25, 0.3) is 16.8 Å². The Balaban J connectivity index is 2.09. The molecule has 1 aromatic carbocycles. The third kappa shape index (κ3) is 6.25. The Hall–Kier alpha value is -3.71. The van der Waals surface area contributed by atoms with E-state index in [-0.39, 0.29) is 47.2 Å². The summed E-state index contributed by atoms with van der Waals surface area (Å²) in [5.74, 6) is 0.126. The Morgan fingerprint density at radius 1 is 1.14 bits per heavy atom. The number of nitrogens with zero attached hydrogens (tertiary/aromatic N) is 7. The zero-order chi connectivity index (χ0) is 25.9. The van der Waals surface area contributed by atoms with E-state index in [4.69, 9.17) is 4.43 Å². The lowest BCUT2D eigenvalue weighted by molar-refractivity contribution is -0.384. The first-order chi connectivity index (χ1) is 16.4. The summed E-state index contributed by atoms with van der Waals surface area (Å²) in [4.78, 5) is 51.7. The molecule has 0 atom stereocenters. The Bertz CT molecular complexity index is 1390. The van der Waals surface area contributed by atoms with Gasteiger partial charge < -0.3 is 9.33 Å². The van der Waals surface area contributed by atoms with Crippen molar-refractivity contribution in [3.05, 3.63) is 66.3 Å². The van der Waals surface area contributed by atoms with Crippen LogP contribution in [0.15, 0.2) is 38.8 Å². The van der Waals surface area contributed by atoms with Crippen molar-refractivity contribution in [3.8, 4) is 0 Å². The van der Waals surface area contributed by atoms with E-state index in [1.165, 1.54) is 34.7 Å². The minimum Gasteiger partial charge on any atom is -0.412 e. The van der Waals surface area contributed by atoms with E-state index >= 15 is 0 Å². The first kappa shape index (κ1) is 25.9. The Morgan fingerprint density at radius 3 is 2.37 bits per heavy atom. The van der Waals surface area contributed by atoms with Gasteiger partial charge in [0.05, 0.1) is 17.9 Å². The van der Waals surface area contributed by atoms with Crippen LogP contribution in [0.5, 0.6) is 0 Å². The lowest BCUT2D eigenvalue weighted by Crippen LogP contribution is -2.32. The third-order valence-corrected chi connectivity index (χ3v) is 6.05. The predicted molar refractivity (Wildman–Crippen MR) is 136 cm³/mol. The second-order valence-corrected chi connectivity index (χ2v) is 13.8. The molecule has 0 unspecified atom stereocenters. The summed E-state index contributed by atoms with van der Waals surface area (Å²) in [6.07, 6.45) is 1.92. The van der Waals surface area contributed by atoms with Gasteiger partial charge in [0.2, 0.25) is 5.95 Å². The molecule has 0 N–H and O–H groups in total. The van der Waals surface area contributed by atoms with Gasteiger partial charge in [-0.15, -0.1) is 0 Å². The largest absolute Gasteiger partial charge is 0.412 e. The van der Waals surface area contributed by atoms with Gasteiger partial charge in [0, 0.05) is 39.8 Å². The van der Waals surface area contributed by atoms with Crippen LogP contribution in [0.1, 0.15) is 11.3 Å². The molecule has 0 fully saturated rings. The number of nitro groups is 1. The van der Waals surface area contributed by atoms with Gasteiger partial charge in [0.15, 0.2) is 19.5 Å². The lowest BCUT2D eigenvalue weighted by Gasteiger charge is -2.17. The molecule has 0 saturated carbocycles. The van der Waals surface area contributed by atoms with Gasteiger partial charge in [-0.1, -0.05) is 12.1 Å². The molecule has 0 amide bonds. The molecular weight excluding hydrogens is 470 g/mol. The van der Waals surface area contributed by atoms with E-state index in [2.05, 4.69) is 15.0 Å². The minimum absolute atomic E-state index is 0.00672. The third-order valence-electron chi connectivity index (χ3n) is 5.04. The molecule has 35 heavy (non-hydrogen) atoms. The molecule has 2 aromatic heterocycles. The van der Waals surface area contributed by atoms with E-state index < -0.39 is 18.8 Å². The number of fused-ring (bicyclic) bond motifs is 1. The van der Waals surface area contributed by atoms with E-state index in [1.54, 1.807) is 31.1 Å². The highest BCUT2D eigenvalue weighted by atomic mass is 28.4. The van der Waals surface area contributed by atoms with Crippen LogP contribution < -0.4 is 11.1 Å². The summed E-state index contributed by atoms with van der Waals surface area (Å²) >= 11 is 0. The fourth-order valence-electron chi connectivity index (χ4n) is 3.20. The molecule has 3 rings (SSSR count). The van der Waals surface area contributed by atoms with Crippen molar-refractivity contribution in [1.82, 2.24) is 24.0 Å². The van der Waals surface area contributed by atoms with Crippen molar-refractivity contribution in [2.24, 2.45) is 12.0 Å². The number of non-ortho nitro benzene ring substituents is 1. The number of aliphatic imine (C=N–C) groups is 1. The maximum absolute atomic E-state index is 13.5. The molecule has 12 nitrogen and oxygen atoms in total. The molecule has 0 bridgehead atoms. The first-order valence-electron chi connectivity index (χ1n) is 11.0. The number of nitro benzene ring substituents is 1. The number of rotatable bonds is 9. The van der Waals surface area contributed by atoms with Crippen molar-refractivity contribution in [2.45, 2.75) is 39.2 Å². The van der Waals surface area contributed by atoms with Crippen LogP contribution in [0.25, 0.3) is 11.2 Å². The van der Waals surface area contributed by atoms with Crippen LogP contribution >= 0.6 is 0 Å². The SMILES string of the molecule is CN(C)/C=N/c1nc2c(nc(CO[Si](C)(C)C)c(=O)n2C)c(=O)n1CCc1ccc([N+](=O)[O-])cc1. The average molecular weight is 500 g/mol. The fraction of sp³-hybridized carbons (Fsp3) is 0.409. The van der Waals surface area contributed by atoms with E-state index in [9.17, 15) is 19.7 Å².